The van der Waals surface area contributed by atoms with E-state index in [9.17, 15) is 0 Å². The second-order valence-corrected chi connectivity index (χ2v) is 16.5. The van der Waals surface area contributed by atoms with Crippen molar-refractivity contribution < 1.29 is 0 Å². The Morgan fingerprint density at radius 3 is 0.875 bits per heavy atom. The Balaban J connectivity index is 0.930. The predicted octanol–water partition coefficient (Wildman–Crippen LogP) is 16.0. The normalized spacial score (nSPS) is 11.4. The zero-order chi connectivity index (χ0) is 38.4. The highest BCUT2D eigenvalue weighted by Gasteiger charge is 2.16. The Bertz CT molecular complexity index is 2290. The van der Waals surface area contributed by atoms with Gasteiger partial charge in [0.05, 0.1) is 0 Å². The molecule has 0 bridgehead atoms. The molecule has 56 heavy (non-hydrogen) atoms. The molecule has 0 amide bonds. The average molecular weight is 761 g/mol. The van der Waals surface area contributed by atoms with Crippen LogP contribution < -0.4 is 9.80 Å². The second-order valence-electron chi connectivity index (χ2n) is 14.3. The summed E-state index contributed by atoms with van der Waals surface area (Å²) in [7, 11) is 0. The maximum absolute atomic E-state index is 2.34. The molecule has 4 heteroatoms. The molecule has 8 aromatic rings. The van der Waals surface area contributed by atoms with Crippen LogP contribution in [0.15, 0.2) is 170 Å². The molecule has 2 heterocycles. The molecule has 0 unspecified atom stereocenters. The molecular formula is C52H44N2S2. The molecular weight excluding hydrogens is 717 g/mol. The van der Waals surface area contributed by atoms with E-state index in [1.807, 2.05) is 0 Å². The van der Waals surface area contributed by atoms with Crippen LogP contribution >= 0.6 is 22.7 Å². The molecule has 0 fully saturated rings. The molecule has 0 N–H and O–H groups in total. The number of benzene rings is 6. The lowest BCUT2D eigenvalue weighted by molar-refractivity contribution is 1.29. The van der Waals surface area contributed by atoms with E-state index < -0.39 is 0 Å². The van der Waals surface area contributed by atoms with Gasteiger partial charge in [-0.2, -0.15) is 0 Å². The molecule has 6 aromatic carbocycles. The minimum atomic E-state index is 1.16. The molecule has 0 aliphatic heterocycles. The monoisotopic (exact) mass is 760 g/mol. The van der Waals surface area contributed by atoms with Crippen molar-refractivity contribution in [3.05, 3.63) is 213 Å². The SMILES string of the molecule is Cc1ccc(N(c2ccc(C)cc2)c2ccc(/C=C/c3ccc(-c4ccc(/C=C/c5ccc(N(c6ccc(C)cc6)c6ccc(C)cc6)s5)cc4)cc3)s2)cc1. The van der Waals surface area contributed by atoms with Crippen molar-refractivity contribution in [2.75, 3.05) is 9.80 Å². The first-order valence-electron chi connectivity index (χ1n) is 19.0. The van der Waals surface area contributed by atoms with E-state index >= 15 is 0 Å². The summed E-state index contributed by atoms with van der Waals surface area (Å²) in [6, 6.07) is 61.5. The summed E-state index contributed by atoms with van der Waals surface area (Å²) in [4.78, 5) is 7.10. The number of aryl methyl sites for hydroxylation is 4. The highest BCUT2D eigenvalue weighted by molar-refractivity contribution is 7.17. The largest absolute Gasteiger partial charge is 0.302 e. The molecule has 0 saturated heterocycles. The van der Waals surface area contributed by atoms with Gasteiger partial charge < -0.3 is 9.80 Å². The molecule has 2 aromatic heterocycles. The Morgan fingerprint density at radius 1 is 0.304 bits per heavy atom. The van der Waals surface area contributed by atoms with E-state index in [-0.39, 0.29) is 0 Å². The number of hydrogen-bond donors (Lipinski definition) is 0. The van der Waals surface area contributed by atoms with Gasteiger partial charge in [-0.05, 0) is 135 Å². The van der Waals surface area contributed by atoms with E-state index in [0.29, 0.717) is 0 Å². The van der Waals surface area contributed by atoms with Crippen molar-refractivity contribution in [1.82, 2.24) is 0 Å². The third-order valence-corrected chi connectivity index (χ3v) is 11.9. The molecule has 8 rings (SSSR count). The molecule has 2 nitrogen and oxygen atoms in total. The van der Waals surface area contributed by atoms with E-state index in [2.05, 4.69) is 232 Å². The van der Waals surface area contributed by atoms with Gasteiger partial charge in [-0.25, -0.2) is 0 Å². The fourth-order valence-electron chi connectivity index (χ4n) is 6.62. The van der Waals surface area contributed by atoms with E-state index in [1.165, 1.54) is 64.3 Å². The third-order valence-electron chi connectivity index (χ3n) is 9.87. The van der Waals surface area contributed by atoms with Crippen molar-refractivity contribution in [3.8, 4) is 11.1 Å². The minimum Gasteiger partial charge on any atom is -0.302 e. The van der Waals surface area contributed by atoms with Crippen LogP contribution in [0.1, 0.15) is 43.1 Å². The van der Waals surface area contributed by atoms with Gasteiger partial charge in [-0.3, -0.25) is 0 Å². The smallest absolute Gasteiger partial charge is 0.100 e. The summed E-state index contributed by atoms with van der Waals surface area (Å²) in [6.07, 6.45) is 8.83. The van der Waals surface area contributed by atoms with Crippen LogP contribution in [-0.4, -0.2) is 0 Å². The Labute approximate surface area is 339 Å². The lowest BCUT2D eigenvalue weighted by Gasteiger charge is -2.23. The first kappa shape index (κ1) is 36.8. The average Bonchev–Trinajstić information content (AvgIpc) is 3.90. The van der Waals surface area contributed by atoms with Crippen LogP contribution in [-0.2, 0) is 0 Å². The second kappa shape index (κ2) is 16.7. The summed E-state index contributed by atoms with van der Waals surface area (Å²) in [5.74, 6) is 0. The Morgan fingerprint density at radius 2 is 0.589 bits per heavy atom. The van der Waals surface area contributed by atoms with Gasteiger partial charge in [0.2, 0.25) is 0 Å². The van der Waals surface area contributed by atoms with Gasteiger partial charge in [-0.1, -0.05) is 131 Å². The molecule has 0 atom stereocenters. The zero-order valence-corrected chi connectivity index (χ0v) is 33.8. The maximum Gasteiger partial charge on any atom is 0.100 e. The van der Waals surface area contributed by atoms with Crippen molar-refractivity contribution in [1.29, 1.82) is 0 Å². The number of anilines is 6. The number of thiophene rings is 2. The van der Waals surface area contributed by atoms with Crippen LogP contribution in [0.3, 0.4) is 0 Å². The van der Waals surface area contributed by atoms with Gasteiger partial charge in [0.15, 0.2) is 0 Å². The number of nitrogens with zero attached hydrogens (tertiary/aromatic N) is 2. The standard InChI is InChI=1S/C52H44N2S2/c1-37-5-23-45(24-6-37)53(46-25-7-38(2)8-26-46)51-35-33-49(55-51)31-17-41-13-19-43(20-14-41)44-21-15-42(16-22-44)18-32-50-34-36-52(56-50)54(47-27-9-39(3)10-28-47)48-29-11-40(4)12-30-48/h5-36H,1-4H3/b31-17+,32-18+. The summed E-state index contributed by atoms with van der Waals surface area (Å²) in [6.45, 7) is 8.52. The molecule has 0 aliphatic carbocycles. The zero-order valence-electron chi connectivity index (χ0n) is 32.2. The van der Waals surface area contributed by atoms with Gasteiger partial charge in [0.25, 0.3) is 0 Å². The third kappa shape index (κ3) is 8.68. The lowest BCUT2D eigenvalue weighted by Crippen LogP contribution is -2.08. The molecule has 0 radical (unpaired) electrons. The molecule has 0 saturated carbocycles. The minimum absolute atomic E-state index is 1.16. The fourth-order valence-corrected chi connectivity index (χ4v) is 8.52. The van der Waals surface area contributed by atoms with E-state index in [1.54, 1.807) is 22.7 Å². The number of hydrogen-bond acceptors (Lipinski definition) is 4. The van der Waals surface area contributed by atoms with Crippen molar-refractivity contribution in [2.45, 2.75) is 27.7 Å². The Hall–Kier alpha value is -6.20. The van der Waals surface area contributed by atoms with Crippen molar-refractivity contribution in [3.63, 3.8) is 0 Å². The van der Waals surface area contributed by atoms with Crippen LogP contribution in [0, 0.1) is 27.7 Å². The van der Waals surface area contributed by atoms with Crippen LogP contribution in [0.5, 0.6) is 0 Å². The van der Waals surface area contributed by atoms with E-state index in [0.717, 1.165) is 22.7 Å². The van der Waals surface area contributed by atoms with E-state index in [4.69, 9.17) is 0 Å². The summed E-state index contributed by atoms with van der Waals surface area (Å²) in [5.41, 5.74) is 14.4. The van der Waals surface area contributed by atoms with Gasteiger partial charge >= 0.3 is 0 Å². The van der Waals surface area contributed by atoms with Crippen molar-refractivity contribution >= 4 is 79.7 Å². The van der Waals surface area contributed by atoms with Crippen molar-refractivity contribution in [2.24, 2.45) is 0 Å². The maximum atomic E-state index is 2.34. The quantitative estimate of drug-likeness (QED) is 0.130. The van der Waals surface area contributed by atoms with Crippen LogP contribution in [0.4, 0.5) is 32.8 Å². The van der Waals surface area contributed by atoms with Crippen LogP contribution in [0.2, 0.25) is 0 Å². The highest BCUT2D eigenvalue weighted by Crippen LogP contribution is 2.41. The number of rotatable bonds is 11. The lowest BCUT2D eigenvalue weighted by atomic mass is 10.0. The molecule has 0 spiro atoms. The predicted molar refractivity (Wildman–Crippen MR) is 247 cm³/mol. The topological polar surface area (TPSA) is 6.48 Å². The first-order valence-corrected chi connectivity index (χ1v) is 20.6. The first-order chi connectivity index (χ1) is 27.3. The van der Waals surface area contributed by atoms with Gasteiger partial charge in [0, 0.05) is 32.5 Å². The van der Waals surface area contributed by atoms with Gasteiger partial charge in [-0.15, -0.1) is 22.7 Å². The Kier molecular flexibility index (Phi) is 10.9. The summed E-state index contributed by atoms with van der Waals surface area (Å²) >= 11 is 3.59. The molecule has 0 aliphatic rings. The summed E-state index contributed by atoms with van der Waals surface area (Å²) in [5, 5.41) is 2.38. The summed E-state index contributed by atoms with van der Waals surface area (Å²) < 4.78 is 0. The fraction of sp³-hybridized carbons (Fsp3) is 0.0769. The highest BCUT2D eigenvalue weighted by atomic mass is 32.1. The molecule has 274 valence electrons. The van der Waals surface area contributed by atoms with Crippen LogP contribution in [0.25, 0.3) is 35.4 Å². The van der Waals surface area contributed by atoms with Gasteiger partial charge in [0.1, 0.15) is 10.0 Å².